The van der Waals surface area contributed by atoms with E-state index in [9.17, 15) is 4.79 Å². The van der Waals surface area contributed by atoms with Crippen LogP contribution in [0.25, 0.3) is 10.2 Å². The number of nitrogens with one attached hydrogen (secondary N) is 1. The maximum atomic E-state index is 12.1. The second-order valence-electron chi connectivity index (χ2n) is 4.88. The maximum absolute atomic E-state index is 12.1. The van der Waals surface area contributed by atoms with Crippen molar-refractivity contribution < 1.29 is 4.79 Å². The number of thioether (sulfide) groups is 1. The van der Waals surface area contributed by atoms with Crippen molar-refractivity contribution in [2.75, 3.05) is 11.1 Å². The van der Waals surface area contributed by atoms with Gasteiger partial charge in [0, 0.05) is 4.90 Å². The van der Waals surface area contributed by atoms with Crippen molar-refractivity contribution in [3.63, 3.8) is 0 Å². The zero-order chi connectivity index (χ0) is 16.4. The molecule has 0 atom stereocenters. The van der Waals surface area contributed by atoms with Crippen LogP contribution in [0.4, 0.5) is 5.13 Å². The van der Waals surface area contributed by atoms with Gasteiger partial charge in [-0.05, 0) is 31.2 Å². The third-order valence-electron chi connectivity index (χ3n) is 3.09. The Morgan fingerprint density at radius 1 is 1.22 bits per heavy atom. The molecule has 1 heterocycles. The Labute approximate surface area is 152 Å². The number of aromatic nitrogens is 1. The molecule has 1 amide bonds. The van der Waals surface area contributed by atoms with Gasteiger partial charge in [-0.25, -0.2) is 4.98 Å². The summed E-state index contributed by atoms with van der Waals surface area (Å²) in [6.45, 7) is 2.03. The second-order valence-corrected chi connectivity index (χ2v) is 7.74. The Balaban J connectivity index is 1.66. The number of benzene rings is 2. The van der Waals surface area contributed by atoms with E-state index in [1.165, 1.54) is 28.7 Å². The highest BCUT2D eigenvalue weighted by Crippen LogP contribution is 2.35. The van der Waals surface area contributed by atoms with Crippen molar-refractivity contribution in [3.05, 3.63) is 52.0 Å². The SMILES string of the molecule is Cc1ccc(SCC(=O)Nc2nc3c(Cl)c(Cl)ccc3s2)cc1. The van der Waals surface area contributed by atoms with E-state index in [1.54, 1.807) is 6.07 Å². The fourth-order valence-electron chi connectivity index (χ4n) is 1.93. The molecule has 0 aliphatic heterocycles. The molecule has 0 bridgehead atoms. The number of carbonyl (C=O) groups is 1. The summed E-state index contributed by atoms with van der Waals surface area (Å²) in [5.41, 5.74) is 1.81. The van der Waals surface area contributed by atoms with Crippen LogP contribution in [0, 0.1) is 6.92 Å². The van der Waals surface area contributed by atoms with E-state index in [4.69, 9.17) is 23.2 Å². The number of thiazole rings is 1. The van der Waals surface area contributed by atoms with E-state index in [2.05, 4.69) is 10.3 Å². The van der Waals surface area contributed by atoms with Gasteiger partial charge < -0.3 is 5.32 Å². The van der Waals surface area contributed by atoms with Gasteiger partial charge in [-0.2, -0.15) is 0 Å². The van der Waals surface area contributed by atoms with Crippen molar-refractivity contribution in [2.45, 2.75) is 11.8 Å². The number of hydrogen-bond acceptors (Lipinski definition) is 4. The predicted molar refractivity (Wildman–Crippen MR) is 100 cm³/mol. The summed E-state index contributed by atoms with van der Waals surface area (Å²) in [7, 11) is 0. The largest absolute Gasteiger partial charge is 0.301 e. The maximum Gasteiger partial charge on any atom is 0.236 e. The number of hydrogen-bond donors (Lipinski definition) is 1. The van der Waals surface area contributed by atoms with Crippen LogP contribution in [-0.4, -0.2) is 16.6 Å². The van der Waals surface area contributed by atoms with Crippen LogP contribution in [0.2, 0.25) is 10.0 Å². The number of aryl methyl sites for hydroxylation is 1. The normalized spacial score (nSPS) is 10.9. The second kappa shape index (κ2) is 7.09. The molecule has 3 rings (SSSR count). The first-order chi connectivity index (χ1) is 11.0. The number of carbonyl (C=O) groups excluding carboxylic acids is 1. The molecule has 7 heteroatoms. The van der Waals surface area contributed by atoms with Gasteiger partial charge >= 0.3 is 0 Å². The molecule has 0 spiro atoms. The zero-order valence-corrected chi connectivity index (χ0v) is 15.2. The predicted octanol–water partition coefficient (Wildman–Crippen LogP) is 5.64. The van der Waals surface area contributed by atoms with Crippen LogP contribution in [-0.2, 0) is 4.79 Å². The molecule has 0 radical (unpaired) electrons. The van der Waals surface area contributed by atoms with E-state index in [0.717, 1.165) is 9.60 Å². The van der Waals surface area contributed by atoms with Crippen LogP contribution in [0.3, 0.4) is 0 Å². The summed E-state index contributed by atoms with van der Waals surface area (Å²) >= 11 is 15.0. The molecule has 118 valence electrons. The van der Waals surface area contributed by atoms with E-state index >= 15 is 0 Å². The molecular formula is C16H12Cl2N2OS2. The van der Waals surface area contributed by atoms with Crippen molar-refractivity contribution >= 4 is 67.6 Å². The van der Waals surface area contributed by atoms with E-state index in [0.29, 0.717) is 26.4 Å². The van der Waals surface area contributed by atoms with Crippen LogP contribution >= 0.6 is 46.3 Å². The molecule has 0 saturated carbocycles. The Hall–Kier alpha value is -1.27. The van der Waals surface area contributed by atoms with Crippen molar-refractivity contribution in [1.29, 1.82) is 0 Å². The van der Waals surface area contributed by atoms with E-state index < -0.39 is 0 Å². The standard InChI is InChI=1S/C16H12Cl2N2OS2/c1-9-2-4-10(5-3-9)22-8-13(21)19-16-20-15-12(23-16)7-6-11(17)14(15)18/h2-7H,8H2,1H3,(H,19,20,21). The van der Waals surface area contributed by atoms with Gasteiger partial charge in [-0.1, -0.05) is 52.2 Å². The van der Waals surface area contributed by atoms with Crippen molar-refractivity contribution in [1.82, 2.24) is 4.98 Å². The Morgan fingerprint density at radius 3 is 2.70 bits per heavy atom. The lowest BCUT2D eigenvalue weighted by Gasteiger charge is -2.02. The summed E-state index contributed by atoms with van der Waals surface area (Å²) in [5, 5.41) is 4.20. The highest BCUT2D eigenvalue weighted by Gasteiger charge is 2.12. The Bertz CT molecular complexity index is 862. The highest BCUT2D eigenvalue weighted by atomic mass is 35.5. The molecule has 3 aromatic rings. The van der Waals surface area contributed by atoms with Crippen LogP contribution < -0.4 is 5.32 Å². The topological polar surface area (TPSA) is 42.0 Å². The molecule has 3 nitrogen and oxygen atoms in total. The average Bonchev–Trinajstić information content (AvgIpc) is 2.94. The molecule has 0 saturated heterocycles. The van der Waals surface area contributed by atoms with Crippen LogP contribution in [0.1, 0.15) is 5.56 Å². The minimum Gasteiger partial charge on any atom is -0.301 e. The van der Waals surface area contributed by atoms with Crippen molar-refractivity contribution in [3.8, 4) is 0 Å². The summed E-state index contributed by atoms with van der Waals surface area (Å²) in [4.78, 5) is 17.5. The smallest absolute Gasteiger partial charge is 0.236 e. The minimum absolute atomic E-state index is 0.100. The molecule has 0 aliphatic rings. The van der Waals surface area contributed by atoms with Crippen LogP contribution in [0.15, 0.2) is 41.3 Å². The number of fused-ring (bicyclic) bond motifs is 1. The summed E-state index contributed by atoms with van der Waals surface area (Å²) in [5.74, 6) is 0.227. The Kier molecular flexibility index (Phi) is 5.11. The van der Waals surface area contributed by atoms with Gasteiger partial charge in [-0.15, -0.1) is 11.8 Å². The monoisotopic (exact) mass is 382 g/mol. The number of nitrogens with zero attached hydrogens (tertiary/aromatic N) is 1. The lowest BCUT2D eigenvalue weighted by Crippen LogP contribution is -2.13. The molecule has 2 aromatic carbocycles. The fraction of sp³-hybridized carbons (Fsp3) is 0.125. The molecular weight excluding hydrogens is 371 g/mol. The van der Waals surface area contributed by atoms with Gasteiger partial charge in [0.05, 0.1) is 20.5 Å². The fourth-order valence-corrected chi connectivity index (χ4v) is 3.93. The molecule has 0 aliphatic carbocycles. The molecule has 0 unspecified atom stereocenters. The van der Waals surface area contributed by atoms with Gasteiger partial charge in [0.25, 0.3) is 0 Å². The molecule has 1 aromatic heterocycles. The average molecular weight is 383 g/mol. The van der Waals surface area contributed by atoms with Crippen LogP contribution in [0.5, 0.6) is 0 Å². The quantitative estimate of drug-likeness (QED) is 0.593. The van der Waals surface area contributed by atoms with E-state index in [1.807, 2.05) is 37.3 Å². The third-order valence-corrected chi connectivity index (χ3v) is 5.83. The number of rotatable bonds is 4. The first-order valence-electron chi connectivity index (χ1n) is 6.77. The van der Waals surface area contributed by atoms with E-state index in [-0.39, 0.29) is 5.91 Å². The van der Waals surface area contributed by atoms with Gasteiger partial charge in [0.2, 0.25) is 5.91 Å². The van der Waals surface area contributed by atoms with Crippen molar-refractivity contribution in [2.24, 2.45) is 0 Å². The molecule has 0 fully saturated rings. The third kappa shape index (κ3) is 3.98. The Morgan fingerprint density at radius 2 is 1.96 bits per heavy atom. The lowest BCUT2D eigenvalue weighted by molar-refractivity contribution is -0.113. The first-order valence-corrected chi connectivity index (χ1v) is 9.32. The number of halogens is 2. The zero-order valence-electron chi connectivity index (χ0n) is 12.1. The number of amides is 1. The highest BCUT2D eigenvalue weighted by molar-refractivity contribution is 8.00. The summed E-state index contributed by atoms with van der Waals surface area (Å²) in [6.07, 6.45) is 0. The molecule has 1 N–H and O–H groups in total. The molecule has 23 heavy (non-hydrogen) atoms. The number of anilines is 1. The minimum atomic E-state index is -0.100. The summed E-state index contributed by atoms with van der Waals surface area (Å²) < 4.78 is 0.890. The van der Waals surface area contributed by atoms with Gasteiger partial charge in [0.1, 0.15) is 5.52 Å². The first kappa shape index (κ1) is 16.6. The van der Waals surface area contributed by atoms with Gasteiger partial charge in [0.15, 0.2) is 5.13 Å². The lowest BCUT2D eigenvalue weighted by atomic mass is 10.2. The van der Waals surface area contributed by atoms with Gasteiger partial charge in [-0.3, -0.25) is 4.79 Å². The summed E-state index contributed by atoms with van der Waals surface area (Å²) in [6, 6.07) is 11.6.